The molecule has 0 N–H and O–H groups in total. The molecule has 4 rings (SSSR count). The topological polar surface area (TPSA) is 128 Å². The maximum atomic E-state index is 12.7. The maximum Gasteiger partial charge on any atom is 0.471 e. The van der Waals surface area contributed by atoms with E-state index in [-0.39, 0.29) is 23.3 Å². The fourth-order valence-corrected chi connectivity index (χ4v) is 3.98. The van der Waals surface area contributed by atoms with Gasteiger partial charge in [-0.15, -0.1) is 11.3 Å². The van der Waals surface area contributed by atoms with Crippen LogP contribution in [-0.4, -0.2) is 44.8 Å². The average molecular weight is 483 g/mol. The summed E-state index contributed by atoms with van der Waals surface area (Å²) in [4.78, 5) is 22.2. The largest absolute Gasteiger partial charge is 0.471 e. The molecule has 10 nitrogen and oxygen atoms in total. The normalized spacial score (nSPS) is 12.1. The van der Waals surface area contributed by atoms with E-state index in [0.717, 1.165) is 17.6 Å². The Labute approximate surface area is 182 Å². The van der Waals surface area contributed by atoms with Crippen LogP contribution in [0.15, 0.2) is 52.7 Å². The van der Waals surface area contributed by atoms with Gasteiger partial charge < -0.3 is 9.42 Å². The van der Waals surface area contributed by atoms with E-state index in [9.17, 15) is 21.6 Å². The number of rotatable bonds is 6. The molecule has 4 aromatic heterocycles. The van der Waals surface area contributed by atoms with Gasteiger partial charge in [-0.2, -0.15) is 18.2 Å². The fraction of sp³-hybridized carbons (Fsp3) is 0.176. The van der Waals surface area contributed by atoms with Crippen LogP contribution in [0.25, 0.3) is 10.7 Å². The number of hydrogen-bond acceptors (Lipinski definition) is 11. The number of alkyl halides is 3. The van der Waals surface area contributed by atoms with E-state index in [4.69, 9.17) is 0 Å². The molecule has 0 aromatic carbocycles. The van der Waals surface area contributed by atoms with Crippen molar-refractivity contribution < 1.29 is 26.1 Å². The number of hydrogen-bond donors (Lipinski definition) is 0. The summed E-state index contributed by atoms with van der Waals surface area (Å²) in [5, 5.41) is 3.02. The van der Waals surface area contributed by atoms with E-state index < -0.39 is 21.9 Å². The Balaban J connectivity index is 1.67. The lowest BCUT2D eigenvalue weighted by atomic mass is 10.3. The van der Waals surface area contributed by atoms with E-state index in [1.54, 1.807) is 17.0 Å². The van der Waals surface area contributed by atoms with E-state index in [1.807, 2.05) is 0 Å². The Kier molecular flexibility index (Phi) is 5.60. The van der Waals surface area contributed by atoms with E-state index in [2.05, 4.69) is 34.6 Å². The number of sulfone groups is 1. The second-order valence-corrected chi connectivity index (χ2v) is 9.38. The van der Waals surface area contributed by atoms with E-state index in [1.165, 1.54) is 30.9 Å². The Morgan fingerprint density at radius 2 is 1.88 bits per heavy atom. The predicted molar refractivity (Wildman–Crippen MR) is 106 cm³/mol. The van der Waals surface area contributed by atoms with Gasteiger partial charge >= 0.3 is 12.1 Å². The van der Waals surface area contributed by atoms with Crippen molar-refractivity contribution in [3.05, 3.63) is 53.8 Å². The Bertz CT molecular complexity index is 1340. The third-order valence-electron chi connectivity index (χ3n) is 3.92. The summed E-state index contributed by atoms with van der Waals surface area (Å²) in [6, 6.07) is 4.74. The highest BCUT2D eigenvalue weighted by Crippen LogP contribution is 2.33. The average Bonchev–Trinajstić information content (AvgIpc) is 3.41. The molecular weight excluding hydrogens is 471 g/mol. The van der Waals surface area contributed by atoms with Crippen LogP contribution in [0.3, 0.4) is 0 Å². The lowest BCUT2D eigenvalue weighted by molar-refractivity contribution is -0.159. The minimum Gasteiger partial charge on any atom is -0.329 e. The summed E-state index contributed by atoms with van der Waals surface area (Å²) in [6.07, 6.45) is 1.95. The number of aromatic nitrogens is 6. The summed E-state index contributed by atoms with van der Waals surface area (Å²) in [5.74, 6) is -1.01. The highest BCUT2D eigenvalue weighted by atomic mass is 32.2. The van der Waals surface area contributed by atoms with Gasteiger partial charge in [0.15, 0.2) is 5.82 Å². The van der Waals surface area contributed by atoms with E-state index >= 15 is 0 Å². The molecule has 0 fully saturated rings. The van der Waals surface area contributed by atoms with Gasteiger partial charge in [0.25, 0.3) is 0 Å². The molecule has 0 aliphatic carbocycles. The molecule has 0 amide bonds. The van der Waals surface area contributed by atoms with Gasteiger partial charge in [-0.1, -0.05) is 5.16 Å². The SMILES string of the molecule is CS(=O)(=O)c1nccc(N(Cc2ccc(-c3noc(C(F)(F)F)n3)s2)c2cnccn2)n1. The van der Waals surface area contributed by atoms with Crippen LogP contribution in [0.2, 0.25) is 0 Å². The maximum absolute atomic E-state index is 12.7. The van der Waals surface area contributed by atoms with Crippen LogP contribution in [0.4, 0.5) is 24.8 Å². The van der Waals surface area contributed by atoms with Crippen LogP contribution < -0.4 is 4.90 Å². The number of nitrogens with zero attached hydrogens (tertiary/aromatic N) is 7. The first-order chi connectivity index (χ1) is 15.1. The van der Waals surface area contributed by atoms with Gasteiger partial charge in [-0.3, -0.25) is 4.98 Å². The molecule has 0 radical (unpaired) electrons. The van der Waals surface area contributed by atoms with Crippen molar-refractivity contribution in [2.45, 2.75) is 17.9 Å². The highest BCUT2D eigenvalue weighted by Gasteiger charge is 2.38. The zero-order valence-electron chi connectivity index (χ0n) is 16.1. The Morgan fingerprint density at radius 1 is 1.06 bits per heavy atom. The zero-order valence-corrected chi connectivity index (χ0v) is 17.7. The van der Waals surface area contributed by atoms with Crippen LogP contribution in [0, 0.1) is 0 Å². The van der Waals surface area contributed by atoms with Crippen LogP contribution >= 0.6 is 11.3 Å². The highest BCUT2D eigenvalue weighted by molar-refractivity contribution is 7.90. The number of thiophene rings is 1. The molecule has 0 spiro atoms. The second-order valence-electron chi connectivity index (χ2n) is 6.31. The predicted octanol–water partition coefficient (Wildman–Crippen LogP) is 3.14. The van der Waals surface area contributed by atoms with Crippen LogP contribution in [0.5, 0.6) is 0 Å². The second kappa shape index (κ2) is 8.23. The first-order valence-electron chi connectivity index (χ1n) is 8.68. The van der Waals surface area contributed by atoms with Crippen molar-refractivity contribution in [1.29, 1.82) is 0 Å². The molecule has 15 heteroatoms. The smallest absolute Gasteiger partial charge is 0.329 e. The van der Waals surface area contributed by atoms with Gasteiger partial charge in [0.1, 0.15) is 5.82 Å². The van der Waals surface area contributed by atoms with Gasteiger partial charge in [-0.25, -0.2) is 23.4 Å². The van der Waals surface area contributed by atoms with Gasteiger partial charge in [0, 0.05) is 29.7 Å². The van der Waals surface area contributed by atoms with Crippen LogP contribution in [0.1, 0.15) is 10.8 Å². The summed E-state index contributed by atoms with van der Waals surface area (Å²) in [6.45, 7) is 0.160. The molecule has 4 aromatic rings. The molecule has 166 valence electrons. The molecule has 4 heterocycles. The zero-order chi connectivity index (χ0) is 22.9. The molecule has 0 unspecified atom stereocenters. The van der Waals surface area contributed by atoms with Gasteiger partial charge in [-0.05, 0) is 18.2 Å². The molecule has 0 bridgehead atoms. The van der Waals surface area contributed by atoms with Gasteiger partial charge in [0.2, 0.25) is 20.8 Å². The summed E-state index contributed by atoms with van der Waals surface area (Å²) in [7, 11) is -3.66. The molecule has 32 heavy (non-hydrogen) atoms. The third-order valence-corrected chi connectivity index (χ3v) is 5.84. The Hall–Kier alpha value is -3.46. The van der Waals surface area contributed by atoms with E-state index in [0.29, 0.717) is 15.6 Å². The van der Waals surface area contributed by atoms with Crippen LogP contribution in [-0.2, 0) is 22.6 Å². The summed E-state index contributed by atoms with van der Waals surface area (Å²) in [5.41, 5.74) is 0. The van der Waals surface area contributed by atoms with Gasteiger partial charge in [0.05, 0.1) is 17.6 Å². The van der Waals surface area contributed by atoms with Crippen molar-refractivity contribution in [2.24, 2.45) is 0 Å². The molecule has 0 saturated carbocycles. The summed E-state index contributed by atoms with van der Waals surface area (Å²) >= 11 is 1.13. The first kappa shape index (κ1) is 21.8. The van der Waals surface area contributed by atoms with Crippen molar-refractivity contribution in [3.63, 3.8) is 0 Å². The molecular formula is C17H12F3N7O3S2. The minimum absolute atomic E-state index is 0.160. The van der Waals surface area contributed by atoms with Crippen molar-refractivity contribution in [2.75, 3.05) is 11.2 Å². The monoisotopic (exact) mass is 483 g/mol. The first-order valence-corrected chi connectivity index (χ1v) is 11.4. The molecule has 0 atom stereocenters. The standard InChI is InChI=1S/C17H12F3N7O3S2/c1-32(28,29)16-23-5-4-12(24-16)27(13-8-21-6-7-22-13)9-10-2-3-11(31-10)14-25-15(30-26-14)17(18,19)20/h2-8H,9H2,1H3. The third kappa shape index (κ3) is 4.72. The number of halogens is 3. The minimum atomic E-state index is -4.74. The fourth-order valence-electron chi connectivity index (χ4n) is 2.55. The molecule has 0 aliphatic rings. The Morgan fingerprint density at radius 3 is 2.53 bits per heavy atom. The lowest BCUT2D eigenvalue weighted by Crippen LogP contribution is -2.19. The molecule has 0 saturated heterocycles. The number of anilines is 2. The quantitative estimate of drug-likeness (QED) is 0.377. The lowest BCUT2D eigenvalue weighted by Gasteiger charge is -2.21. The van der Waals surface area contributed by atoms with Crippen molar-refractivity contribution >= 4 is 32.8 Å². The summed E-state index contributed by atoms with van der Waals surface area (Å²) < 4.78 is 66.2. The van der Waals surface area contributed by atoms with Crippen molar-refractivity contribution in [3.8, 4) is 10.7 Å². The molecule has 0 aliphatic heterocycles. The van der Waals surface area contributed by atoms with Crippen molar-refractivity contribution in [1.82, 2.24) is 30.1 Å².